The molecule has 4 rings (SSSR count). The predicted octanol–water partition coefficient (Wildman–Crippen LogP) is 8.21. The number of hydrogen-bond donors (Lipinski definition) is 0. The van der Waals surface area contributed by atoms with Crippen LogP contribution in [0.5, 0.6) is 11.5 Å². The summed E-state index contributed by atoms with van der Waals surface area (Å²) in [5.74, 6) is -13.3. The van der Waals surface area contributed by atoms with Gasteiger partial charge in [-0.3, -0.25) is 0 Å². The highest BCUT2D eigenvalue weighted by Crippen LogP contribution is 2.60. The van der Waals surface area contributed by atoms with Gasteiger partial charge in [-0.05, 0) is 67.0 Å². The van der Waals surface area contributed by atoms with E-state index in [-0.39, 0.29) is 19.1 Å². The number of rotatable bonds is 7. The van der Waals surface area contributed by atoms with Gasteiger partial charge in [0.2, 0.25) is 0 Å². The van der Waals surface area contributed by atoms with Crippen molar-refractivity contribution in [3.63, 3.8) is 0 Å². The largest absolute Gasteiger partial charge is 0.491 e. The average molecular weight is 486 g/mol. The van der Waals surface area contributed by atoms with E-state index in [9.17, 15) is 13.2 Å². The molecule has 0 amide bonds. The van der Waals surface area contributed by atoms with Crippen LogP contribution in [0, 0.1) is 23.5 Å². The quantitative estimate of drug-likeness (QED) is 0.367. The van der Waals surface area contributed by atoms with E-state index in [1.54, 1.807) is 0 Å². The summed E-state index contributed by atoms with van der Waals surface area (Å²) in [6, 6.07) is 4.38. The van der Waals surface area contributed by atoms with Crippen molar-refractivity contribution in [2.24, 2.45) is 11.8 Å². The Kier molecular flexibility index (Phi) is 6.80. The first-order valence-electron chi connectivity index (χ1n) is 11.8. The number of benzene rings is 2. The Morgan fingerprint density at radius 3 is 1.68 bits per heavy atom. The molecule has 0 saturated heterocycles. The Morgan fingerprint density at radius 1 is 0.735 bits per heavy atom. The second-order valence-corrected chi connectivity index (χ2v) is 9.17. The molecule has 0 atom stereocenters. The smallest absolute Gasteiger partial charge is 0.343 e. The normalized spacial score (nSPS) is 22.6. The van der Waals surface area contributed by atoms with Crippen molar-refractivity contribution in [2.45, 2.75) is 64.2 Å². The minimum absolute atomic E-state index is 0.0379. The van der Waals surface area contributed by atoms with Crippen molar-refractivity contribution >= 4 is 0 Å². The lowest BCUT2D eigenvalue weighted by molar-refractivity contribution is -0.228. The van der Waals surface area contributed by atoms with Gasteiger partial charge in [0.15, 0.2) is 23.1 Å². The van der Waals surface area contributed by atoms with E-state index in [1.807, 2.05) is 0 Å². The van der Waals surface area contributed by atoms with E-state index < -0.39 is 57.2 Å². The molecule has 0 heterocycles. The van der Waals surface area contributed by atoms with Crippen molar-refractivity contribution in [1.82, 2.24) is 0 Å². The molecular weight excluding hydrogens is 458 g/mol. The summed E-state index contributed by atoms with van der Waals surface area (Å²) < 4.78 is 101. The summed E-state index contributed by atoms with van der Waals surface area (Å²) in [5.41, 5.74) is -3.95. The zero-order chi connectivity index (χ0) is 24.7. The molecule has 2 aromatic carbocycles. The van der Waals surface area contributed by atoms with Crippen LogP contribution >= 0.6 is 0 Å². The zero-order valence-electron chi connectivity index (χ0n) is 19.2. The molecule has 2 aliphatic carbocycles. The van der Waals surface area contributed by atoms with Gasteiger partial charge in [-0.2, -0.15) is 17.6 Å². The minimum Gasteiger partial charge on any atom is -0.491 e. The third-order valence-electron chi connectivity index (χ3n) is 6.96. The topological polar surface area (TPSA) is 18.5 Å². The molecule has 34 heavy (non-hydrogen) atoms. The molecule has 0 aromatic heterocycles. The molecule has 0 spiro atoms. The number of hydrogen-bond acceptors (Lipinski definition) is 2. The van der Waals surface area contributed by atoms with Crippen molar-refractivity contribution in [2.75, 3.05) is 13.2 Å². The van der Waals surface area contributed by atoms with Crippen molar-refractivity contribution in [3.8, 4) is 22.6 Å². The van der Waals surface area contributed by atoms with E-state index in [4.69, 9.17) is 9.47 Å². The molecule has 0 aliphatic heterocycles. The Hall–Kier alpha value is -2.38. The van der Waals surface area contributed by atoms with Crippen LogP contribution in [0.25, 0.3) is 11.1 Å². The molecule has 1 fully saturated rings. The molecular formula is C26H28F6O2. The predicted molar refractivity (Wildman–Crippen MR) is 117 cm³/mol. The average Bonchev–Trinajstić information content (AvgIpc) is 2.79. The highest BCUT2D eigenvalue weighted by Gasteiger charge is 2.65. The second-order valence-electron chi connectivity index (χ2n) is 9.17. The number of ether oxygens (including phenoxy) is 2. The summed E-state index contributed by atoms with van der Waals surface area (Å²) in [4.78, 5) is 0. The number of alkyl halides is 4. The van der Waals surface area contributed by atoms with Gasteiger partial charge in [0.25, 0.3) is 0 Å². The Labute approximate surface area is 195 Å². The van der Waals surface area contributed by atoms with Gasteiger partial charge >= 0.3 is 11.8 Å². The van der Waals surface area contributed by atoms with Crippen LogP contribution in [-0.4, -0.2) is 13.2 Å². The summed E-state index contributed by atoms with van der Waals surface area (Å²) in [6.07, 6.45) is 6.12. The van der Waals surface area contributed by atoms with E-state index in [2.05, 4.69) is 6.92 Å². The molecule has 0 radical (unpaired) electrons. The van der Waals surface area contributed by atoms with Gasteiger partial charge in [-0.1, -0.05) is 32.6 Å². The molecule has 2 nitrogen and oxygen atoms in total. The van der Waals surface area contributed by atoms with Crippen molar-refractivity contribution in [1.29, 1.82) is 0 Å². The van der Waals surface area contributed by atoms with Crippen LogP contribution in [0.15, 0.2) is 24.3 Å². The van der Waals surface area contributed by atoms with Gasteiger partial charge in [-0.15, -0.1) is 0 Å². The van der Waals surface area contributed by atoms with Gasteiger partial charge in [0, 0.05) is 0 Å². The SMILES string of the molecule is CCCC1CCC(COc2ccc3c(c2F)C(F)(F)C(F)(F)c2c-3ccc(OCC)c2F)CC1. The van der Waals surface area contributed by atoms with Crippen molar-refractivity contribution in [3.05, 3.63) is 47.0 Å². The molecule has 8 heteroatoms. The zero-order valence-corrected chi connectivity index (χ0v) is 19.2. The molecule has 0 bridgehead atoms. The molecule has 2 aromatic rings. The van der Waals surface area contributed by atoms with E-state index in [0.29, 0.717) is 5.92 Å². The Balaban J connectivity index is 1.66. The Bertz CT molecular complexity index is 1040. The first-order chi connectivity index (χ1) is 16.1. The Morgan fingerprint density at radius 2 is 1.21 bits per heavy atom. The van der Waals surface area contributed by atoms with Crippen LogP contribution in [0.3, 0.4) is 0 Å². The molecule has 2 aliphatic rings. The maximum atomic E-state index is 15.2. The molecule has 1 saturated carbocycles. The summed E-state index contributed by atoms with van der Waals surface area (Å²) in [6.45, 7) is 3.73. The first kappa shape index (κ1) is 24.7. The standard InChI is InChI=1S/C26H28F6O2/c1-3-5-15-6-8-16(9-7-15)14-34-20-13-11-18-17-10-12-19(33-4-2)23(27)21(17)25(29,30)26(31,32)22(18)24(20)28/h10-13,15-16H,3-9,14H2,1-2H3. The van der Waals surface area contributed by atoms with Gasteiger partial charge in [-0.25, -0.2) is 8.78 Å². The fourth-order valence-corrected chi connectivity index (χ4v) is 5.17. The maximum Gasteiger partial charge on any atom is 0.343 e. The second kappa shape index (κ2) is 9.34. The summed E-state index contributed by atoms with van der Waals surface area (Å²) in [5, 5.41) is 0. The van der Waals surface area contributed by atoms with Gasteiger partial charge in [0.05, 0.1) is 24.3 Å². The fraction of sp³-hybridized carbons (Fsp3) is 0.538. The summed E-state index contributed by atoms with van der Waals surface area (Å²) in [7, 11) is 0. The lowest BCUT2D eigenvalue weighted by Gasteiger charge is -2.35. The van der Waals surface area contributed by atoms with E-state index >= 15 is 13.2 Å². The molecule has 0 unspecified atom stereocenters. The van der Waals surface area contributed by atoms with Crippen LogP contribution in [-0.2, 0) is 11.8 Å². The van der Waals surface area contributed by atoms with E-state index in [1.165, 1.54) is 6.92 Å². The van der Waals surface area contributed by atoms with Crippen LogP contribution in [0.2, 0.25) is 0 Å². The molecule has 0 N–H and O–H groups in total. The lowest BCUT2D eigenvalue weighted by atomic mass is 9.79. The highest BCUT2D eigenvalue weighted by molar-refractivity contribution is 5.78. The summed E-state index contributed by atoms with van der Waals surface area (Å²) >= 11 is 0. The lowest BCUT2D eigenvalue weighted by Crippen LogP contribution is -2.41. The molecule has 186 valence electrons. The minimum atomic E-state index is -4.98. The fourth-order valence-electron chi connectivity index (χ4n) is 5.17. The van der Waals surface area contributed by atoms with Gasteiger partial charge in [0.1, 0.15) is 0 Å². The first-order valence-corrected chi connectivity index (χ1v) is 11.8. The maximum absolute atomic E-state index is 15.2. The van der Waals surface area contributed by atoms with Crippen LogP contribution in [0.1, 0.15) is 63.5 Å². The number of fused-ring (bicyclic) bond motifs is 3. The third-order valence-corrected chi connectivity index (χ3v) is 6.96. The monoisotopic (exact) mass is 486 g/mol. The highest BCUT2D eigenvalue weighted by atomic mass is 19.3. The van der Waals surface area contributed by atoms with Crippen LogP contribution < -0.4 is 9.47 Å². The third kappa shape index (κ3) is 4.03. The van der Waals surface area contributed by atoms with Crippen LogP contribution in [0.4, 0.5) is 26.3 Å². The van der Waals surface area contributed by atoms with Crippen molar-refractivity contribution < 1.29 is 35.8 Å². The van der Waals surface area contributed by atoms with E-state index in [0.717, 1.165) is 62.8 Å². The number of halogens is 6. The van der Waals surface area contributed by atoms with Gasteiger partial charge < -0.3 is 9.47 Å².